The largest absolute Gasteiger partial charge is 0.347 e. The molecule has 24 heavy (non-hydrogen) atoms. The van der Waals surface area contributed by atoms with Crippen LogP contribution in [0.2, 0.25) is 0 Å². The molecule has 4 aromatic rings. The predicted molar refractivity (Wildman–Crippen MR) is 92.1 cm³/mol. The highest BCUT2D eigenvalue weighted by Gasteiger charge is 2.09. The second kappa shape index (κ2) is 6.21. The van der Waals surface area contributed by atoms with Crippen LogP contribution in [0.1, 0.15) is 15.2 Å². The Morgan fingerprint density at radius 3 is 2.96 bits per heavy atom. The van der Waals surface area contributed by atoms with Crippen molar-refractivity contribution in [2.24, 2.45) is 0 Å². The fourth-order valence-electron chi connectivity index (χ4n) is 2.40. The van der Waals surface area contributed by atoms with Crippen molar-refractivity contribution >= 4 is 27.3 Å². The summed E-state index contributed by atoms with van der Waals surface area (Å²) in [5.41, 5.74) is 0.539. The molecule has 118 valence electrons. The number of nitrogens with zero attached hydrogens (tertiary/aromatic N) is 4. The van der Waals surface area contributed by atoms with Gasteiger partial charge < -0.3 is 5.32 Å². The van der Waals surface area contributed by atoms with Crippen molar-refractivity contribution < 1.29 is 4.79 Å². The smallest absolute Gasteiger partial charge is 0.251 e. The minimum Gasteiger partial charge on any atom is -0.347 e. The number of rotatable bonds is 4. The Hall–Kier alpha value is -3.06. The summed E-state index contributed by atoms with van der Waals surface area (Å²) in [6, 6.07) is 13.7. The van der Waals surface area contributed by atoms with Crippen molar-refractivity contribution in [2.45, 2.75) is 6.54 Å². The Morgan fingerprint density at radius 1 is 1.21 bits per heavy atom. The molecule has 0 aliphatic carbocycles. The molecule has 0 unspecified atom stereocenters. The normalized spacial score (nSPS) is 10.8. The van der Waals surface area contributed by atoms with Crippen LogP contribution in [0.4, 0.5) is 0 Å². The third-order valence-corrected chi connectivity index (χ3v) is 4.68. The van der Waals surface area contributed by atoms with Crippen LogP contribution in [-0.2, 0) is 6.54 Å². The van der Waals surface area contributed by atoms with Gasteiger partial charge >= 0.3 is 0 Å². The van der Waals surface area contributed by atoms with Crippen LogP contribution < -0.4 is 5.32 Å². The summed E-state index contributed by atoms with van der Waals surface area (Å²) < 4.78 is 2.74. The van der Waals surface area contributed by atoms with E-state index in [2.05, 4.69) is 38.6 Å². The Kier molecular flexibility index (Phi) is 3.76. The van der Waals surface area contributed by atoms with Gasteiger partial charge in [-0.05, 0) is 29.7 Å². The molecule has 0 atom stereocenters. The van der Waals surface area contributed by atoms with Crippen molar-refractivity contribution in [3.63, 3.8) is 0 Å². The molecule has 0 spiro atoms. The molecule has 7 heteroatoms. The van der Waals surface area contributed by atoms with E-state index in [1.54, 1.807) is 36.0 Å². The van der Waals surface area contributed by atoms with Crippen LogP contribution in [0.15, 0.2) is 61.3 Å². The van der Waals surface area contributed by atoms with Crippen molar-refractivity contribution in [2.75, 3.05) is 0 Å². The van der Waals surface area contributed by atoms with Crippen LogP contribution in [0, 0.1) is 0 Å². The van der Waals surface area contributed by atoms with Crippen molar-refractivity contribution in [3.8, 4) is 5.82 Å². The predicted octanol–water partition coefficient (Wildman–Crippen LogP) is 2.81. The summed E-state index contributed by atoms with van der Waals surface area (Å²) in [5.74, 6) is 0.415. The molecule has 0 radical (unpaired) electrons. The lowest BCUT2D eigenvalue weighted by Gasteiger charge is -2.05. The molecule has 0 saturated carbocycles. The van der Waals surface area contributed by atoms with Gasteiger partial charge in [-0.25, -0.2) is 14.6 Å². The lowest BCUT2D eigenvalue weighted by molar-refractivity contribution is 0.0951. The third kappa shape index (κ3) is 2.89. The van der Waals surface area contributed by atoms with Gasteiger partial charge in [0.1, 0.15) is 12.7 Å². The molecule has 0 aliphatic heterocycles. The topological polar surface area (TPSA) is 72.7 Å². The monoisotopic (exact) mass is 335 g/mol. The van der Waals surface area contributed by atoms with Gasteiger partial charge in [-0.2, -0.15) is 5.10 Å². The number of carbonyl (C=O) groups excluding carboxylic acids is 1. The number of aromatic nitrogens is 4. The molecule has 0 bridgehead atoms. The first kappa shape index (κ1) is 14.5. The van der Waals surface area contributed by atoms with Crippen molar-refractivity contribution in [3.05, 3.63) is 71.8 Å². The summed E-state index contributed by atoms with van der Waals surface area (Å²) in [7, 11) is 0. The summed E-state index contributed by atoms with van der Waals surface area (Å²) in [6.07, 6.45) is 4.56. The van der Waals surface area contributed by atoms with Gasteiger partial charge in [0.2, 0.25) is 0 Å². The number of amides is 1. The van der Waals surface area contributed by atoms with Crippen molar-refractivity contribution in [1.29, 1.82) is 0 Å². The van der Waals surface area contributed by atoms with E-state index in [9.17, 15) is 4.79 Å². The number of thiophene rings is 1. The highest BCUT2D eigenvalue weighted by atomic mass is 32.1. The first-order chi connectivity index (χ1) is 11.8. The summed E-state index contributed by atoms with van der Waals surface area (Å²) in [5, 5.41) is 8.16. The van der Waals surface area contributed by atoms with E-state index in [1.807, 2.05) is 12.1 Å². The standard InChI is InChI=1S/C17H13N5OS/c23-17(13-5-6-19-16(8-13)22-11-18-10-21-22)20-9-14-7-12-3-1-2-4-15(12)24-14/h1-8,10-11H,9H2,(H,20,23). The molecular formula is C17H13N5OS. The zero-order chi connectivity index (χ0) is 16.4. The summed E-state index contributed by atoms with van der Waals surface area (Å²) in [4.78, 5) is 21.6. The number of nitrogens with one attached hydrogen (secondary N) is 1. The first-order valence-electron chi connectivity index (χ1n) is 7.36. The SMILES string of the molecule is O=C(NCc1cc2ccccc2s1)c1ccnc(-n2cncn2)c1. The van der Waals surface area contributed by atoms with E-state index in [1.165, 1.54) is 21.1 Å². The Balaban J connectivity index is 1.49. The fourth-order valence-corrected chi connectivity index (χ4v) is 3.41. The Labute approximate surface area is 141 Å². The van der Waals surface area contributed by atoms with E-state index in [0.29, 0.717) is 17.9 Å². The maximum absolute atomic E-state index is 12.4. The average molecular weight is 335 g/mol. The average Bonchev–Trinajstić information content (AvgIpc) is 3.29. The number of hydrogen-bond donors (Lipinski definition) is 1. The van der Waals surface area contributed by atoms with Gasteiger partial charge in [-0.1, -0.05) is 18.2 Å². The van der Waals surface area contributed by atoms with Gasteiger partial charge in [0.05, 0.1) is 6.54 Å². The summed E-state index contributed by atoms with van der Waals surface area (Å²) in [6.45, 7) is 0.499. The Bertz CT molecular complexity index is 960. The van der Waals surface area contributed by atoms with Gasteiger partial charge in [0.15, 0.2) is 5.82 Å². The number of carbonyl (C=O) groups is 1. The van der Waals surface area contributed by atoms with Gasteiger partial charge in [-0.15, -0.1) is 11.3 Å². The second-order valence-corrected chi connectivity index (χ2v) is 6.34. The number of pyridine rings is 1. The number of benzene rings is 1. The van der Waals surface area contributed by atoms with Gasteiger partial charge in [0.25, 0.3) is 5.91 Å². The maximum Gasteiger partial charge on any atom is 0.251 e. The van der Waals surface area contributed by atoms with Crippen LogP contribution in [0.25, 0.3) is 15.9 Å². The molecule has 6 nitrogen and oxygen atoms in total. The molecule has 3 aromatic heterocycles. The van der Waals surface area contributed by atoms with E-state index in [0.717, 1.165) is 4.88 Å². The Morgan fingerprint density at radius 2 is 2.12 bits per heavy atom. The highest BCUT2D eigenvalue weighted by Crippen LogP contribution is 2.25. The molecular weight excluding hydrogens is 322 g/mol. The van der Waals surface area contributed by atoms with Crippen LogP contribution >= 0.6 is 11.3 Å². The maximum atomic E-state index is 12.4. The lowest BCUT2D eigenvalue weighted by atomic mass is 10.2. The number of hydrogen-bond acceptors (Lipinski definition) is 5. The molecule has 0 saturated heterocycles. The highest BCUT2D eigenvalue weighted by molar-refractivity contribution is 7.19. The second-order valence-electron chi connectivity index (χ2n) is 5.18. The van der Waals surface area contributed by atoms with E-state index >= 15 is 0 Å². The fraction of sp³-hybridized carbons (Fsp3) is 0.0588. The molecule has 3 heterocycles. The molecule has 1 amide bonds. The van der Waals surface area contributed by atoms with Crippen LogP contribution in [0.3, 0.4) is 0 Å². The molecule has 1 N–H and O–H groups in total. The zero-order valence-electron chi connectivity index (χ0n) is 12.6. The van der Waals surface area contributed by atoms with Crippen molar-refractivity contribution in [1.82, 2.24) is 25.1 Å². The van der Waals surface area contributed by atoms with E-state index in [-0.39, 0.29) is 5.91 Å². The molecule has 0 fully saturated rings. The molecule has 0 aliphatic rings. The van der Waals surface area contributed by atoms with Gasteiger partial charge in [-0.3, -0.25) is 4.79 Å². The van der Waals surface area contributed by atoms with Gasteiger partial charge in [0, 0.05) is 21.3 Å². The lowest BCUT2D eigenvalue weighted by Crippen LogP contribution is -2.22. The molecule has 4 rings (SSSR count). The quantitative estimate of drug-likeness (QED) is 0.622. The van der Waals surface area contributed by atoms with Crippen LogP contribution in [-0.4, -0.2) is 25.7 Å². The van der Waals surface area contributed by atoms with E-state index < -0.39 is 0 Å². The van der Waals surface area contributed by atoms with Crippen LogP contribution in [0.5, 0.6) is 0 Å². The molecule has 1 aromatic carbocycles. The zero-order valence-corrected chi connectivity index (χ0v) is 13.4. The first-order valence-corrected chi connectivity index (χ1v) is 8.18. The third-order valence-electron chi connectivity index (χ3n) is 3.56. The summed E-state index contributed by atoms with van der Waals surface area (Å²) >= 11 is 1.69. The van der Waals surface area contributed by atoms with E-state index in [4.69, 9.17) is 0 Å². The number of fused-ring (bicyclic) bond motifs is 1. The minimum absolute atomic E-state index is 0.142. The minimum atomic E-state index is -0.142.